The molecular formula is C3H11NO2Si. The Bertz CT molecular complexity index is 41.9. The van der Waals surface area contributed by atoms with Gasteiger partial charge < -0.3 is 14.9 Å². The molecule has 0 aromatic carbocycles. The van der Waals surface area contributed by atoms with E-state index in [1.807, 2.05) is 0 Å². The van der Waals surface area contributed by atoms with Gasteiger partial charge in [-0.3, -0.25) is 0 Å². The number of rotatable bonds is 3. The standard InChI is InChI=1S/C3H11NO2Si/c1-4-2-3-7(5)6/h4-7H,2-3H2,1H3. The monoisotopic (exact) mass is 121 g/mol. The van der Waals surface area contributed by atoms with E-state index in [0.717, 1.165) is 0 Å². The molecule has 0 saturated heterocycles. The smallest absolute Gasteiger partial charge is 0.317 e. The molecule has 3 N–H and O–H groups in total. The Balaban J connectivity index is 2.68. The summed E-state index contributed by atoms with van der Waals surface area (Å²) in [5.41, 5.74) is 0. The van der Waals surface area contributed by atoms with Crippen LogP contribution in [0.2, 0.25) is 6.04 Å². The first-order valence-electron chi connectivity index (χ1n) is 2.28. The molecule has 0 atom stereocenters. The lowest BCUT2D eigenvalue weighted by Gasteiger charge is -1.96. The number of hydrogen-bond donors (Lipinski definition) is 3. The third kappa shape index (κ3) is 6.10. The van der Waals surface area contributed by atoms with Gasteiger partial charge in [0, 0.05) is 6.04 Å². The Morgan fingerprint density at radius 2 is 2.14 bits per heavy atom. The highest BCUT2D eigenvalue weighted by molar-refractivity contribution is 6.41. The van der Waals surface area contributed by atoms with Crippen molar-refractivity contribution in [2.75, 3.05) is 13.6 Å². The van der Waals surface area contributed by atoms with Gasteiger partial charge in [0.15, 0.2) is 0 Å². The van der Waals surface area contributed by atoms with Crippen molar-refractivity contribution in [3.05, 3.63) is 0 Å². The van der Waals surface area contributed by atoms with Crippen LogP contribution in [-0.4, -0.2) is 32.5 Å². The van der Waals surface area contributed by atoms with Crippen LogP contribution in [0.15, 0.2) is 0 Å². The highest BCUT2D eigenvalue weighted by atomic mass is 28.3. The van der Waals surface area contributed by atoms with E-state index in [-0.39, 0.29) is 0 Å². The molecule has 0 spiro atoms. The maximum atomic E-state index is 8.34. The first-order valence-corrected chi connectivity index (χ1v) is 4.13. The Kier molecular flexibility index (Phi) is 4.32. The molecular weight excluding hydrogens is 110 g/mol. The maximum absolute atomic E-state index is 8.34. The first kappa shape index (κ1) is 7.10. The van der Waals surface area contributed by atoms with E-state index >= 15 is 0 Å². The SMILES string of the molecule is CNCC[SiH](O)O. The fourth-order valence-electron chi connectivity index (χ4n) is 0.273. The zero-order chi connectivity index (χ0) is 5.70. The normalized spacial score (nSPS) is 10.3. The topological polar surface area (TPSA) is 52.5 Å². The molecule has 0 fully saturated rings. The third-order valence-corrected chi connectivity index (χ3v) is 1.46. The highest BCUT2D eigenvalue weighted by Crippen LogP contribution is 1.76. The van der Waals surface area contributed by atoms with Gasteiger partial charge in [-0.15, -0.1) is 0 Å². The minimum absolute atomic E-state index is 0.538. The van der Waals surface area contributed by atoms with Crippen molar-refractivity contribution in [3.8, 4) is 0 Å². The van der Waals surface area contributed by atoms with Crippen LogP contribution >= 0.6 is 0 Å². The molecule has 0 aliphatic heterocycles. The minimum atomic E-state index is -2.25. The molecule has 44 valence electrons. The molecule has 0 heterocycles. The number of hydrogen-bond acceptors (Lipinski definition) is 3. The molecule has 0 aromatic heterocycles. The van der Waals surface area contributed by atoms with Crippen LogP contribution in [0.5, 0.6) is 0 Å². The Morgan fingerprint density at radius 3 is 2.29 bits per heavy atom. The quantitative estimate of drug-likeness (QED) is 0.395. The lowest BCUT2D eigenvalue weighted by molar-refractivity contribution is 0.404. The van der Waals surface area contributed by atoms with Gasteiger partial charge in [-0.25, -0.2) is 0 Å². The van der Waals surface area contributed by atoms with Gasteiger partial charge >= 0.3 is 9.28 Å². The van der Waals surface area contributed by atoms with Gasteiger partial charge in [-0.2, -0.15) is 0 Å². The maximum Gasteiger partial charge on any atom is 0.317 e. The summed E-state index contributed by atoms with van der Waals surface area (Å²) in [6.07, 6.45) is 0. The summed E-state index contributed by atoms with van der Waals surface area (Å²) in [5, 5.41) is 2.81. The van der Waals surface area contributed by atoms with Crippen molar-refractivity contribution in [1.29, 1.82) is 0 Å². The fourth-order valence-corrected chi connectivity index (χ4v) is 0.820. The fraction of sp³-hybridized carbons (Fsp3) is 1.00. The first-order chi connectivity index (χ1) is 3.27. The molecule has 0 aromatic rings. The molecule has 0 rings (SSSR count). The van der Waals surface area contributed by atoms with Crippen molar-refractivity contribution in [3.63, 3.8) is 0 Å². The van der Waals surface area contributed by atoms with Crippen molar-refractivity contribution in [1.82, 2.24) is 5.32 Å². The summed E-state index contributed by atoms with van der Waals surface area (Å²) in [4.78, 5) is 16.7. The Morgan fingerprint density at radius 1 is 1.57 bits per heavy atom. The summed E-state index contributed by atoms with van der Waals surface area (Å²) >= 11 is 0. The zero-order valence-electron chi connectivity index (χ0n) is 4.39. The van der Waals surface area contributed by atoms with E-state index in [9.17, 15) is 0 Å². The van der Waals surface area contributed by atoms with Gasteiger partial charge in [0.05, 0.1) is 0 Å². The lowest BCUT2D eigenvalue weighted by Crippen LogP contribution is -2.18. The second kappa shape index (κ2) is 4.26. The van der Waals surface area contributed by atoms with Gasteiger partial charge in [0.1, 0.15) is 0 Å². The molecule has 0 saturated carbocycles. The molecule has 0 radical (unpaired) electrons. The van der Waals surface area contributed by atoms with Crippen LogP contribution in [0.25, 0.3) is 0 Å². The van der Waals surface area contributed by atoms with Crippen LogP contribution in [0, 0.1) is 0 Å². The average Bonchev–Trinajstić information content (AvgIpc) is 1.61. The summed E-state index contributed by atoms with van der Waals surface area (Å²) in [6, 6.07) is 0.538. The summed E-state index contributed by atoms with van der Waals surface area (Å²) in [7, 11) is -0.462. The van der Waals surface area contributed by atoms with Gasteiger partial charge in [-0.05, 0) is 13.6 Å². The van der Waals surface area contributed by atoms with Crippen LogP contribution in [0.4, 0.5) is 0 Å². The predicted molar refractivity (Wildman–Crippen MR) is 30.3 cm³/mol. The molecule has 7 heavy (non-hydrogen) atoms. The van der Waals surface area contributed by atoms with E-state index in [2.05, 4.69) is 5.32 Å². The predicted octanol–water partition coefficient (Wildman–Crippen LogP) is -1.59. The second-order valence-corrected chi connectivity index (χ2v) is 2.91. The summed E-state index contributed by atoms with van der Waals surface area (Å²) in [5.74, 6) is 0. The number of nitrogens with one attached hydrogen (secondary N) is 1. The molecule has 0 aliphatic carbocycles. The molecule has 0 bridgehead atoms. The third-order valence-electron chi connectivity index (χ3n) is 0.653. The molecule has 0 amide bonds. The van der Waals surface area contributed by atoms with Gasteiger partial charge in [0.2, 0.25) is 0 Å². The average molecular weight is 121 g/mol. The molecule has 0 unspecified atom stereocenters. The Hall–Kier alpha value is 0.0969. The van der Waals surface area contributed by atoms with E-state index in [1.165, 1.54) is 0 Å². The van der Waals surface area contributed by atoms with Crippen molar-refractivity contribution < 1.29 is 9.59 Å². The summed E-state index contributed by atoms with van der Waals surface area (Å²) in [6.45, 7) is 0.712. The van der Waals surface area contributed by atoms with Crippen LogP contribution < -0.4 is 5.32 Å². The molecule has 0 aliphatic rings. The van der Waals surface area contributed by atoms with E-state index in [4.69, 9.17) is 9.59 Å². The van der Waals surface area contributed by atoms with E-state index < -0.39 is 9.28 Å². The zero-order valence-corrected chi connectivity index (χ0v) is 5.54. The second-order valence-electron chi connectivity index (χ2n) is 1.37. The lowest BCUT2D eigenvalue weighted by atomic mass is 10.8. The van der Waals surface area contributed by atoms with Crippen LogP contribution in [0.3, 0.4) is 0 Å². The van der Waals surface area contributed by atoms with Crippen LogP contribution in [0.1, 0.15) is 0 Å². The van der Waals surface area contributed by atoms with Crippen molar-refractivity contribution in [2.45, 2.75) is 6.04 Å². The van der Waals surface area contributed by atoms with Crippen molar-refractivity contribution in [2.24, 2.45) is 0 Å². The minimum Gasteiger partial charge on any atom is -0.413 e. The van der Waals surface area contributed by atoms with Crippen LogP contribution in [-0.2, 0) is 0 Å². The van der Waals surface area contributed by atoms with E-state index in [0.29, 0.717) is 12.6 Å². The van der Waals surface area contributed by atoms with Gasteiger partial charge in [-0.1, -0.05) is 0 Å². The summed E-state index contributed by atoms with van der Waals surface area (Å²) < 4.78 is 0. The van der Waals surface area contributed by atoms with Gasteiger partial charge in [0.25, 0.3) is 0 Å². The molecule has 4 heteroatoms. The highest BCUT2D eigenvalue weighted by Gasteiger charge is 1.96. The molecule has 3 nitrogen and oxygen atoms in total. The van der Waals surface area contributed by atoms with E-state index in [1.54, 1.807) is 7.05 Å². The largest absolute Gasteiger partial charge is 0.413 e. The Labute approximate surface area is 44.8 Å². The van der Waals surface area contributed by atoms with Crippen molar-refractivity contribution >= 4 is 9.28 Å².